The molecule has 0 fully saturated rings. The summed E-state index contributed by atoms with van der Waals surface area (Å²) in [6.07, 6.45) is 2.74. The van der Waals surface area contributed by atoms with E-state index in [2.05, 4.69) is 29.1 Å². The predicted octanol–water partition coefficient (Wildman–Crippen LogP) is 5.55. The van der Waals surface area contributed by atoms with Crippen LogP contribution in [0.5, 0.6) is 0 Å². The maximum atomic E-state index is 12.7. The van der Waals surface area contributed by atoms with Crippen molar-refractivity contribution in [3.05, 3.63) is 68.7 Å². The zero-order valence-corrected chi connectivity index (χ0v) is 16.0. The highest BCUT2D eigenvalue weighted by molar-refractivity contribution is 9.11. The van der Waals surface area contributed by atoms with Crippen LogP contribution in [-0.2, 0) is 11.2 Å². The highest BCUT2D eigenvalue weighted by Crippen LogP contribution is 2.32. The first-order valence-electron chi connectivity index (χ1n) is 7.29. The van der Waals surface area contributed by atoms with Gasteiger partial charge in [0, 0.05) is 21.1 Å². The maximum absolute atomic E-state index is 12.7. The average molecular weight is 415 g/mol. The third-order valence-corrected chi connectivity index (χ3v) is 5.31. The molecule has 2 nitrogen and oxygen atoms in total. The van der Waals surface area contributed by atoms with Crippen molar-refractivity contribution in [2.75, 3.05) is 6.54 Å². The van der Waals surface area contributed by atoms with Gasteiger partial charge < -0.3 is 4.90 Å². The topological polar surface area (TPSA) is 20.3 Å². The van der Waals surface area contributed by atoms with E-state index in [-0.39, 0.29) is 18.4 Å². The van der Waals surface area contributed by atoms with Crippen LogP contribution in [0, 0.1) is 0 Å². The molecular formula is C18H18BrCl2NO. The van der Waals surface area contributed by atoms with Crippen molar-refractivity contribution in [2.24, 2.45) is 0 Å². The summed E-state index contributed by atoms with van der Waals surface area (Å²) in [5, 5.41) is 1.04. The molecule has 0 bridgehead atoms. The molecule has 0 radical (unpaired) electrons. The van der Waals surface area contributed by atoms with E-state index in [1.54, 1.807) is 24.3 Å². The van der Waals surface area contributed by atoms with Gasteiger partial charge in [0.1, 0.15) is 0 Å². The van der Waals surface area contributed by atoms with Crippen LogP contribution in [0.1, 0.15) is 18.9 Å². The molecule has 0 N–H and O–H groups in total. The number of amides is 1. The van der Waals surface area contributed by atoms with E-state index < -0.39 is 0 Å². The van der Waals surface area contributed by atoms with Crippen molar-refractivity contribution in [3.63, 3.8) is 0 Å². The Labute approximate surface area is 155 Å². The van der Waals surface area contributed by atoms with E-state index >= 15 is 0 Å². The summed E-state index contributed by atoms with van der Waals surface area (Å²) in [7, 11) is 0. The number of hydrogen-bond acceptors (Lipinski definition) is 1. The molecule has 1 amide bonds. The number of benzene rings is 1. The fourth-order valence-electron chi connectivity index (χ4n) is 2.87. The summed E-state index contributed by atoms with van der Waals surface area (Å²) in [5.41, 5.74) is 2.82. The first-order valence-corrected chi connectivity index (χ1v) is 8.84. The van der Waals surface area contributed by atoms with E-state index in [9.17, 15) is 4.79 Å². The first kappa shape index (κ1) is 18.3. The number of halogens is 3. The summed E-state index contributed by atoms with van der Waals surface area (Å²) in [4.78, 5) is 14.6. The molecule has 1 aromatic carbocycles. The second-order valence-electron chi connectivity index (χ2n) is 5.43. The summed E-state index contributed by atoms with van der Waals surface area (Å²) in [6, 6.07) is 5.21. The molecule has 0 spiro atoms. The Morgan fingerprint density at radius 3 is 2.57 bits per heavy atom. The molecular weight excluding hydrogens is 397 g/mol. The van der Waals surface area contributed by atoms with Crippen LogP contribution in [0.2, 0.25) is 10.0 Å². The van der Waals surface area contributed by atoms with Crippen molar-refractivity contribution in [2.45, 2.75) is 25.8 Å². The Hall–Kier alpha value is -1.03. The van der Waals surface area contributed by atoms with Crippen LogP contribution >= 0.6 is 39.1 Å². The van der Waals surface area contributed by atoms with Crippen LogP contribution in [-0.4, -0.2) is 23.4 Å². The van der Waals surface area contributed by atoms with Crippen LogP contribution in [0.4, 0.5) is 0 Å². The SMILES string of the molecule is C=CC1=C(C(=C)Br)CCN(C(=O)Cc2c(Cl)cccc2Cl)C1C. The average Bonchev–Trinajstić information content (AvgIpc) is 2.50. The lowest BCUT2D eigenvalue weighted by Crippen LogP contribution is -2.44. The second kappa shape index (κ2) is 7.69. The molecule has 1 aliphatic heterocycles. The lowest BCUT2D eigenvalue weighted by atomic mass is 9.93. The molecule has 1 atom stereocenters. The van der Waals surface area contributed by atoms with E-state index in [1.165, 1.54) is 0 Å². The van der Waals surface area contributed by atoms with Gasteiger partial charge in [-0.05, 0) is 42.2 Å². The third kappa shape index (κ3) is 3.90. The normalized spacial score (nSPS) is 18.1. The van der Waals surface area contributed by atoms with Crippen molar-refractivity contribution < 1.29 is 4.79 Å². The smallest absolute Gasteiger partial charge is 0.227 e. The second-order valence-corrected chi connectivity index (χ2v) is 7.20. The highest BCUT2D eigenvalue weighted by atomic mass is 79.9. The monoisotopic (exact) mass is 413 g/mol. The molecule has 0 aromatic heterocycles. The first-order chi connectivity index (χ1) is 10.9. The predicted molar refractivity (Wildman–Crippen MR) is 101 cm³/mol. The van der Waals surface area contributed by atoms with Crippen LogP contribution in [0.25, 0.3) is 0 Å². The molecule has 23 heavy (non-hydrogen) atoms. The molecule has 1 aliphatic rings. The molecule has 0 aliphatic carbocycles. The van der Waals surface area contributed by atoms with Crippen molar-refractivity contribution in [1.29, 1.82) is 0 Å². The summed E-state index contributed by atoms with van der Waals surface area (Å²) in [5.74, 6) is 0.00563. The van der Waals surface area contributed by atoms with Gasteiger partial charge in [-0.15, -0.1) is 0 Å². The fraction of sp³-hybridized carbons (Fsp3) is 0.278. The van der Waals surface area contributed by atoms with E-state index in [0.717, 1.165) is 22.0 Å². The van der Waals surface area contributed by atoms with Gasteiger partial charge in [-0.1, -0.05) is 64.4 Å². The van der Waals surface area contributed by atoms with Gasteiger partial charge >= 0.3 is 0 Å². The molecule has 0 saturated heterocycles. The fourth-order valence-corrected chi connectivity index (χ4v) is 3.83. The third-order valence-electron chi connectivity index (χ3n) is 4.13. The number of carbonyl (C=O) groups excluding carboxylic acids is 1. The molecule has 1 heterocycles. The minimum Gasteiger partial charge on any atom is -0.335 e. The summed E-state index contributed by atoms with van der Waals surface area (Å²) >= 11 is 15.8. The standard InChI is InChI=1S/C18H18BrCl2NO/c1-4-13-12(3)22(9-8-14(13)11(2)19)18(23)10-15-16(20)6-5-7-17(15)21/h4-7,12H,1-2,8-10H2,3H3. The Kier molecular flexibility index (Phi) is 6.12. The largest absolute Gasteiger partial charge is 0.335 e. The molecule has 0 saturated carbocycles. The van der Waals surface area contributed by atoms with Crippen molar-refractivity contribution >= 4 is 45.0 Å². The van der Waals surface area contributed by atoms with Crippen LogP contribution < -0.4 is 0 Å². The molecule has 5 heteroatoms. The summed E-state index contributed by atoms with van der Waals surface area (Å²) < 4.78 is 0.848. The number of allylic oxidation sites excluding steroid dienone is 1. The van der Waals surface area contributed by atoms with E-state index in [4.69, 9.17) is 23.2 Å². The maximum Gasteiger partial charge on any atom is 0.227 e. The quantitative estimate of drug-likeness (QED) is 0.632. The number of hydrogen-bond donors (Lipinski definition) is 0. The van der Waals surface area contributed by atoms with Gasteiger partial charge in [-0.3, -0.25) is 4.79 Å². The number of nitrogens with zero attached hydrogens (tertiary/aromatic N) is 1. The Balaban J connectivity index is 2.25. The minimum atomic E-state index is -0.0562. The zero-order valence-electron chi connectivity index (χ0n) is 12.9. The minimum absolute atomic E-state index is 0.00563. The number of carbonyl (C=O) groups is 1. The Bertz CT molecular complexity index is 676. The molecule has 1 unspecified atom stereocenters. The Morgan fingerprint density at radius 1 is 1.43 bits per heavy atom. The summed E-state index contributed by atoms with van der Waals surface area (Å²) in [6.45, 7) is 10.5. The van der Waals surface area contributed by atoms with Crippen LogP contribution in [0.15, 0.2) is 53.1 Å². The van der Waals surface area contributed by atoms with Gasteiger partial charge in [-0.25, -0.2) is 0 Å². The molecule has 2 rings (SSSR count). The Morgan fingerprint density at radius 2 is 2.04 bits per heavy atom. The molecule has 122 valence electrons. The van der Waals surface area contributed by atoms with Gasteiger partial charge in [-0.2, -0.15) is 0 Å². The van der Waals surface area contributed by atoms with Gasteiger partial charge in [0.05, 0.1) is 12.5 Å². The van der Waals surface area contributed by atoms with Crippen molar-refractivity contribution in [3.8, 4) is 0 Å². The zero-order chi connectivity index (χ0) is 17.1. The van der Waals surface area contributed by atoms with Crippen molar-refractivity contribution in [1.82, 2.24) is 4.90 Å². The lowest BCUT2D eigenvalue weighted by Gasteiger charge is -2.36. The van der Waals surface area contributed by atoms with Crippen LogP contribution in [0.3, 0.4) is 0 Å². The van der Waals surface area contributed by atoms with Gasteiger partial charge in [0.25, 0.3) is 0 Å². The highest BCUT2D eigenvalue weighted by Gasteiger charge is 2.29. The van der Waals surface area contributed by atoms with E-state index in [0.29, 0.717) is 22.2 Å². The number of rotatable bonds is 4. The molecule has 1 aromatic rings. The van der Waals surface area contributed by atoms with Gasteiger partial charge in [0.15, 0.2) is 0 Å². The van der Waals surface area contributed by atoms with E-state index in [1.807, 2.05) is 11.8 Å². The lowest BCUT2D eigenvalue weighted by molar-refractivity contribution is -0.132. The van der Waals surface area contributed by atoms with Gasteiger partial charge in [0.2, 0.25) is 5.91 Å².